The van der Waals surface area contributed by atoms with Crippen molar-refractivity contribution >= 4 is 6.03 Å². The zero-order valence-corrected chi connectivity index (χ0v) is 15.6. The van der Waals surface area contributed by atoms with Gasteiger partial charge in [-0.05, 0) is 32.0 Å². The van der Waals surface area contributed by atoms with Crippen LogP contribution in [0.15, 0.2) is 36.4 Å². The second-order valence-corrected chi connectivity index (χ2v) is 6.86. The number of nitrogens with one attached hydrogen (secondary N) is 2. The van der Waals surface area contributed by atoms with E-state index in [0.29, 0.717) is 19.8 Å². The fourth-order valence-corrected chi connectivity index (χ4v) is 3.58. The van der Waals surface area contributed by atoms with Crippen LogP contribution in [0.3, 0.4) is 0 Å². The van der Waals surface area contributed by atoms with Crippen LogP contribution in [0.1, 0.15) is 36.6 Å². The number of carbonyl (C=O) groups is 1. The maximum Gasteiger partial charge on any atom is 0.315 e. The fraction of sp³-hybridized carbons (Fsp3) is 0.381. The van der Waals surface area contributed by atoms with Gasteiger partial charge in [0.25, 0.3) is 0 Å². The van der Waals surface area contributed by atoms with Crippen molar-refractivity contribution in [2.75, 3.05) is 13.2 Å². The maximum atomic E-state index is 12.4. The van der Waals surface area contributed by atoms with Gasteiger partial charge < -0.3 is 24.8 Å². The van der Waals surface area contributed by atoms with E-state index in [9.17, 15) is 4.79 Å². The van der Waals surface area contributed by atoms with Crippen molar-refractivity contribution in [3.8, 4) is 17.2 Å². The summed E-state index contributed by atoms with van der Waals surface area (Å²) in [6.07, 6.45) is 1.05. The van der Waals surface area contributed by atoms with Gasteiger partial charge in [0.15, 0.2) is 0 Å². The van der Waals surface area contributed by atoms with Gasteiger partial charge in [0.05, 0.1) is 12.6 Å². The monoisotopic (exact) mass is 368 g/mol. The van der Waals surface area contributed by atoms with Crippen molar-refractivity contribution in [1.82, 2.24) is 10.6 Å². The second kappa shape index (κ2) is 7.39. The third-order valence-electron chi connectivity index (χ3n) is 4.82. The Hall–Kier alpha value is -2.89. The van der Waals surface area contributed by atoms with Crippen molar-refractivity contribution in [2.45, 2.75) is 39.0 Å². The molecule has 2 atom stereocenters. The van der Waals surface area contributed by atoms with Gasteiger partial charge in [-0.2, -0.15) is 0 Å². The molecule has 0 bridgehead atoms. The normalized spacial score (nSPS) is 19.5. The van der Waals surface area contributed by atoms with E-state index in [0.717, 1.165) is 40.4 Å². The van der Waals surface area contributed by atoms with Crippen LogP contribution in [0.5, 0.6) is 17.2 Å². The van der Waals surface area contributed by atoms with Crippen molar-refractivity contribution in [3.63, 3.8) is 0 Å². The summed E-state index contributed by atoms with van der Waals surface area (Å²) in [5.74, 6) is 2.50. The van der Waals surface area contributed by atoms with Gasteiger partial charge in [-0.15, -0.1) is 0 Å². The molecule has 2 heterocycles. The highest BCUT2D eigenvalue weighted by molar-refractivity contribution is 5.75. The predicted molar refractivity (Wildman–Crippen MR) is 101 cm³/mol. The molecular weight excluding hydrogens is 344 g/mol. The van der Waals surface area contributed by atoms with Crippen LogP contribution in [-0.2, 0) is 13.0 Å². The van der Waals surface area contributed by atoms with E-state index in [1.807, 2.05) is 50.2 Å². The number of hydrogen-bond acceptors (Lipinski definition) is 4. The van der Waals surface area contributed by atoms with Crippen LogP contribution < -0.4 is 24.8 Å². The lowest BCUT2D eigenvalue weighted by Gasteiger charge is -2.15. The summed E-state index contributed by atoms with van der Waals surface area (Å²) in [5.41, 5.74) is 3.06. The lowest BCUT2D eigenvalue weighted by Crippen LogP contribution is -2.38. The molecule has 0 spiro atoms. The highest BCUT2D eigenvalue weighted by Gasteiger charge is 2.25. The molecule has 6 nitrogen and oxygen atoms in total. The SMILES string of the molecule is CCOc1cc2c(cc1CNC(=O)N[C@H]1COc3ccccc31)O[C@H](C)C2. The van der Waals surface area contributed by atoms with E-state index in [4.69, 9.17) is 14.2 Å². The minimum atomic E-state index is -0.238. The summed E-state index contributed by atoms with van der Waals surface area (Å²) < 4.78 is 17.2. The molecular formula is C21H24N2O4. The topological polar surface area (TPSA) is 68.8 Å². The van der Waals surface area contributed by atoms with E-state index in [1.165, 1.54) is 0 Å². The minimum Gasteiger partial charge on any atom is -0.494 e. The Kier molecular flexibility index (Phi) is 4.79. The molecule has 2 aliphatic heterocycles. The van der Waals surface area contributed by atoms with Crippen LogP contribution >= 0.6 is 0 Å². The number of para-hydroxylation sites is 1. The summed E-state index contributed by atoms with van der Waals surface area (Å²) in [7, 11) is 0. The molecule has 2 aromatic carbocycles. The molecule has 0 aliphatic carbocycles. The quantitative estimate of drug-likeness (QED) is 0.849. The minimum absolute atomic E-state index is 0.142. The van der Waals surface area contributed by atoms with E-state index < -0.39 is 0 Å². The fourth-order valence-electron chi connectivity index (χ4n) is 3.58. The summed E-state index contributed by atoms with van der Waals surface area (Å²) in [6.45, 7) is 5.38. The molecule has 2 amide bonds. The average Bonchev–Trinajstić information content (AvgIpc) is 3.22. The van der Waals surface area contributed by atoms with Gasteiger partial charge in [-0.25, -0.2) is 4.79 Å². The number of benzene rings is 2. The number of urea groups is 1. The van der Waals surface area contributed by atoms with Crippen molar-refractivity contribution in [3.05, 3.63) is 53.1 Å². The van der Waals surface area contributed by atoms with Gasteiger partial charge in [0.1, 0.15) is 30.0 Å². The molecule has 0 fully saturated rings. The van der Waals surface area contributed by atoms with Crippen LogP contribution in [0.4, 0.5) is 4.79 Å². The van der Waals surface area contributed by atoms with Crippen LogP contribution in [0.2, 0.25) is 0 Å². The van der Waals surface area contributed by atoms with E-state index >= 15 is 0 Å². The zero-order valence-electron chi connectivity index (χ0n) is 15.6. The van der Waals surface area contributed by atoms with E-state index in [-0.39, 0.29) is 18.2 Å². The van der Waals surface area contributed by atoms with Crippen LogP contribution in [0.25, 0.3) is 0 Å². The molecule has 0 radical (unpaired) electrons. The largest absolute Gasteiger partial charge is 0.494 e. The molecule has 142 valence electrons. The van der Waals surface area contributed by atoms with Gasteiger partial charge in [0, 0.05) is 29.7 Å². The van der Waals surface area contributed by atoms with E-state index in [1.54, 1.807) is 0 Å². The van der Waals surface area contributed by atoms with Crippen molar-refractivity contribution < 1.29 is 19.0 Å². The number of amides is 2. The molecule has 2 aliphatic rings. The standard InChI is InChI=1S/C21H24N2O4/c1-3-25-19-9-14-8-13(2)27-20(14)10-15(19)11-22-21(24)23-17-12-26-18-7-5-4-6-16(17)18/h4-7,9-10,13,17H,3,8,11-12H2,1-2H3,(H2,22,23,24)/t13-,17+/m1/s1. The third kappa shape index (κ3) is 3.65. The lowest BCUT2D eigenvalue weighted by molar-refractivity contribution is 0.231. The molecule has 0 saturated carbocycles. The smallest absolute Gasteiger partial charge is 0.315 e. The van der Waals surface area contributed by atoms with Crippen LogP contribution in [-0.4, -0.2) is 25.3 Å². The first kappa shape index (κ1) is 17.5. The van der Waals surface area contributed by atoms with E-state index in [2.05, 4.69) is 10.6 Å². The Morgan fingerprint density at radius 3 is 2.96 bits per heavy atom. The molecule has 27 heavy (non-hydrogen) atoms. The van der Waals surface area contributed by atoms with Gasteiger partial charge in [-0.3, -0.25) is 0 Å². The van der Waals surface area contributed by atoms with Gasteiger partial charge >= 0.3 is 6.03 Å². The Morgan fingerprint density at radius 2 is 2.11 bits per heavy atom. The number of fused-ring (bicyclic) bond motifs is 2. The number of hydrogen-bond donors (Lipinski definition) is 2. The zero-order chi connectivity index (χ0) is 18.8. The third-order valence-corrected chi connectivity index (χ3v) is 4.82. The Balaban J connectivity index is 1.41. The Bertz CT molecular complexity index is 852. The summed E-state index contributed by atoms with van der Waals surface area (Å²) in [6, 6.07) is 11.4. The Labute approximate surface area is 158 Å². The van der Waals surface area contributed by atoms with Gasteiger partial charge in [-0.1, -0.05) is 18.2 Å². The first-order chi connectivity index (χ1) is 13.1. The number of ether oxygens (including phenoxy) is 3. The molecule has 4 rings (SSSR count). The molecule has 2 N–H and O–H groups in total. The summed E-state index contributed by atoms with van der Waals surface area (Å²) in [4.78, 5) is 12.4. The summed E-state index contributed by atoms with van der Waals surface area (Å²) in [5, 5.41) is 5.89. The molecule has 2 aromatic rings. The molecule has 0 unspecified atom stereocenters. The Morgan fingerprint density at radius 1 is 1.26 bits per heavy atom. The second-order valence-electron chi connectivity index (χ2n) is 6.86. The van der Waals surface area contributed by atoms with Crippen molar-refractivity contribution in [1.29, 1.82) is 0 Å². The number of rotatable bonds is 5. The molecule has 6 heteroatoms. The summed E-state index contributed by atoms with van der Waals surface area (Å²) >= 11 is 0. The number of carbonyl (C=O) groups excluding carboxylic acids is 1. The predicted octanol–water partition coefficient (Wildman–Crippen LogP) is 3.34. The first-order valence-electron chi connectivity index (χ1n) is 9.35. The van der Waals surface area contributed by atoms with Crippen molar-refractivity contribution in [2.24, 2.45) is 0 Å². The first-order valence-corrected chi connectivity index (χ1v) is 9.35. The van der Waals surface area contributed by atoms with Crippen LogP contribution in [0, 0.1) is 0 Å². The van der Waals surface area contributed by atoms with Gasteiger partial charge in [0.2, 0.25) is 0 Å². The average molecular weight is 368 g/mol. The maximum absolute atomic E-state index is 12.4. The highest BCUT2D eigenvalue weighted by atomic mass is 16.5. The molecule has 0 aromatic heterocycles. The highest BCUT2D eigenvalue weighted by Crippen LogP contribution is 2.35. The lowest BCUT2D eigenvalue weighted by atomic mass is 10.1. The molecule has 0 saturated heterocycles.